The van der Waals surface area contributed by atoms with Crippen molar-refractivity contribution < 1.29 is 13.6 Å². The SMILES string of the molecule is O=C(Cc1csc(-c2ccc(Cl)s2)n1)NCCc1cc(F)cc(F)c1. The van der Waals surface area contributed by atoms with Crippen molar-refractivity contribution in [3.63, 3.8) is 0 Å². The topological polar surface area (TPSA) is 42.0 Å². The predicted molar refractivity (Wildman–Crippen MR) is 97.2 cm³/mol. The van der Waals surface area contributed by atoms with Crippen LogP contribution in [0.3, 0.4) is 0 Å². The zero-order valence-corrected chi connectivity index (χ0v) is 15.3. The molecule has 0 aliphatic rings. The smallest absolute Gasteiger partial charge is 0.226 e. The van der Waals surface area contributed by atoms with E-state index in [2.05, 4.69) is 10.3 Å². The fourth-order valence-corrected chi connectivity index (χ4v) is 4.19. The van der Waals surface area contributed by atoms with Crippen molar-refractivity contribution in [2.24, 2.45) is 0 Å². The zero-order valence-electron chi connectivity index (χ0n) is 12.9. The normalized spacial score (nSPS) is 10.8. The summed E-state index contributed by atoms with van der Waals surface area (Å²) in [6, 6.07) is 7.04. The minimum atomic E-state index is -0.620. The summed E-state index contributed by atoms with van der Waals surface area (Å²) in [6.07, 6.45) is 0.517. The molecule has 0 aliphatic carbocycles. The Balaban J connectivity index is 1.50. The van der Waals surface area contributed by atoms with Crippen LogP contribution >= 0.6 is 34.3 Å². The Morgan fingerprint density at radius 3 is 2.64 bits per heavy atom. The zero-order chi connectivity index (χ0) is 17.8. The van der Waals surface area contributed by atoms with Crippen molar-refractivity contribution in [2.45, 2.75) is 12.8 Å². The minimum absolute atomic E-state index is 0.160. The van der Waals surface area contributed by atoms with E-state index < -0.39 is 11.6 Å². The molecule has 0 saturated carbocycles. The summed E-state index contributed by atoms with van der Waals surface area (Å²) in [5.41, 5.74) is 1.18. The number of halogens is 3. The van der Waals surface area contributed by atoms with E-state index in [0.29, 0.717) is 28.6 Å². The monoisotopic (exact) mass is 398 g/mol. The van der Waals surface area contributed by atoms with Gasteiger partial charge < -0.3 is 5.32 Å². The molecule has 8 heteroatoms. The van der Waals surface area contributed by atoms with Crippen LogP contribution in [0.15, 0.2) is 35.7 Å². The highest BCUT2D eigenvalue weighted by atomic mass is 35.5. The number of carbonyl (C=O) groups excluding carboxylic acids is 1. The van der Waals surface area contributed by atoms with Crippen LogP contribution in [0.25, 0.3) is 9.88 Å². The molecule has 1 aromatic carbocycles. The van der Waals surface area contributed by atoms with E-state index in [-0.39, 0.29) is 12.3 Å². The second kappa shape index (κ2) is 8.03. The van der Waals surface area contributed by atoms with Crippen LogP contribution in [0.4, 0.5) is 8.78 Å². The molecule has 0 radical (unpaired) electrons. The number of carbonyl (C=O) groups is 1. The summed E-state index contributed by atoms with van der Waals surface area (Å²) in [5, 5.41) is 5.40. The van der Waals surface area contributed by atoms with Gasteiger partial charge in [-0.1, -0.05) is 11.6 Å². The lowest BCUT2D eigenvalue weighted by Crippen LogP contribution is -2.27. The van der Waals surface area contributed by atoms with Gasteiger partial charge in [-0.05, 0) is 36.2 Å². The average Bonchev–Trinajstić information content (AvgIpc) is 3.15. The molecule has 3 rings (SSSR count). The third kappa shape index (κ3) is 5.07. The molecule has 0 bridgehead atoms. The molecule has 0 atom stereocenters. The number of aromatic nitrogens is 1. The molecule has 1 amide bonds. The summed E-state index contributed by atoms with van der Waals surface area (Å²) in [7, 11) is 0. The molecule has 25 heavy (non-hydrogen) atoms. The Kier molecular flexibility index (Phi) is 5.78. The first-order valence-electron chi connectivity index (χ1n) is 7.41. The number of hydrogen-bond acceptors (Lipinski definition) is 4. The molecule has 3 nitrogen and oxygen atoms in total. The Morgan fingerprint density at radius 1 is 1.20 bits per heavy atom. The van der Waals surface area contributed by atoms with Crippen LogP contribution in [0.1, 0.15) is 11.3 Å². The third-order valence-electron chi connectivity index (χ3n) is 3.34. The molecule has 0 aliphatic heterocycles. The lowest BCUT2D eigenvalue weighted by molar-refractivity contribution is -0.120. The molecule has 3 aromatic rings. The van der Waals surface area contributed by atoms with Crippen molar-refractivity contribution in [2.75, 3.05) is 6.54 Å². The standard InChI is InChI=1S/C17H13ClF2N2OS2/c18-15-2-1-14(25-15)17-22-13(9-24-17)8-16(23)21-4-3-10-5-11(19)7-12(20)6-10/h1-2,5-7,9H,3-4,8H2,(H,21,23). The first-order valence-corrected chi connectivity index (χ1v) is 9.49. The molecule has 1 N–H and O–H groups in total. The van der Waals surface area contributed by atoms with Gasteiger partial charge in [-0.25, -0.2) is 13.8 Å². The van der Waals surface area contributed by atoms with Gasteiger partial charge in [0.15, 0.2) is 0 Å². The van der Waals surface area contributed by atoms with Gasteiger partial charge in [0.1, 0.15) is 16.6 Å². The number of thiazole rings is 1. The van der Waals surface area contributed by atoms with E-state index >= 15 is 0 Å². The Morgan fingerprint density at radius 2 is 1.96 bits per heavy atom. The van der Waals surface area contributed by atoms with Crippen molar-refractivity contribution in [1.82, 2.24) is 10.3 Å². The molecule has 130 valence electrons. The minimum Gasteiger partial charge on any atom is -0.355 e. The molecular formula is C17H13ClF2N2OS2. The molecule has 0 fully saturated rings. The maximum atomic E-state index is 13.1. The molecule has 0 spiro atoms. The highest BCUT2D eigenvalue weighted by molar-refractivity contribution is 7.23. The number of nitrogens with one attached hydrogen (secondary N) is 1. The first-order chi connectivity index (χ1) is 12.0. The van der Waals surface area contributed by atoms with E-state index in [1.807, 2.05) is 17.5 Å². The highest BCUT2D eigenvalue weighted by Crippen LogP contribution is 2.32. The number of nitrogens with zero attached hydrogens (tertiary/aromatic N) is 1. The quantitative estimate of drug-likeness (QED) is 0.653. The summed E-state index contributed by atoms with van der Waals surface area (Å²) in [6.45, 7) is 0.305. The van der Waals surface area contributed by atoms with Gasteiger partial charge in [-0.2, -0.15) is 0 Å². The largest absolute Gasteiger partial charge is 0.355 e. The number of amides is 1. The Hall–Kier alpha value is -1.83. The highest BCUT2D eigenvalue weighted by Gasteiger charge is 2.10. The summed E-state index contributed by atoms with van der Waals surface area (Å²) in [4.78, 5) is 17.4. The van der Waals surface area contributed by atoms with Crippen LogP contribution in [0, 0.1) is 11.6 Å². The van der Waals surface area contributed by atoms with Gasteiger partial charge >= 0.3 is 0 Å². The lowest BCUT2D eigenvalue weighted by atomic mass is 10.1. The number of hydrogen-bond donors (Lipinski definition) is 1. The maximum Gasteiger partial charge on any atom is 0.226 e. The summed E-state index contributed by atoms with van der Waals surface area (Å²) in [5.74, 6) is -1.42. The predicted octanol–water partition coefficient (Wildman–Crippen LogP) is 4.70. The molecule has 0 saturated heterocycles. The van der Waals surface area contributed by atoms with Gasteiger partial charge in [0, 0.05) is 18.0 Å². The van der Waals surface area contributed by atoms with Crippen LogP contribution in [0.5, 0.6) is 0 Å². The van der Waals surface area contributed by atoms with E-state index in [9.17, 15) is 13.6 Å². The van der Waals surface area contributed by atoms with Crippen LogP contribution < -0.4 is 5.32 Å². The van der Waals surface area contributed by atoms with Crippen molar-refractivity contribution in [3.05, 3.63) is 62.9 Å². The van der Waals surface area contributed by atoms with Gasteiger partial charge in [-0.15, -0.1) is 22.7 Å². The van der Waals surface area contributed by atoms with E-state index in [1.54, 1.807) is 0 Å². The fourth-order valence-electron chi connectivity index (χ4n) is 2.26. The molecule has 2 heterocycles. The van der Waals surface area contributed by atoms with Crippen molar-refractivity contribution in [1.29, 1.82) is 0 Å². The van der Waals surface area contributed by atoms with E-state index in [4.69, 9.17) is 11.6 Å². The van der Waals surface area contributed by atoms with Gasteiger partial charge in [-0.3, -0.25) is 4.79 Å². The van der Waals surface area contributed by atoms with E-state index in [0.717, 1.165) is 16.0 Å². The Bertz CT molecular complexity index is 874. The van der Waals surface area contributed by atoms with Crippen molar-refractivity contribution in [3.8, 4) is 9.88 Å². The number of thiophene rings is 1. The summed E-state index contributed by atoms with van der Waals surface area (Å²) >= 11 is 8.81. The van der Waals surface area contributed by atoms with Crippen LogP contribution in [-0.2, 0) is 17.6 Å². The second-order valence-electron chi connectivity index (χ2n) is 5.30. The molecular weight excluding hydrogens is 386 g/mol. The molecule has 0 unspecified atom stereocenters. The fraction of sp³-hybridized carbons (Fsp3) is 0.176. The lowest BCUT2D eigenvalue weighted by Gasteiger charge is -2.05. The third-order valence-corrected chi connectivity index (χ3v) is 5.63. The van der Waals surface area contributed by atoms with Gasteiger partial charge in [0.05, 0.1) is 21.3 Å². The van der Waals surface area contributed by atoms with Crippen LogP contribution in [-0.4, -0.2) is 17.4 Å². The average molecular weight is 399 g/mol. The summed E-state index contributed by atoms with van der Waals surface area (Å²) < 4.78 is 26.9. The second-order valence-corrected chi connectivity index (χ2v) is 7.88. The number of benzene rings is 1. The first kappa shape index (κ1) is 18.0. The Labute approximate surface area is 156 Å². The maximum absolute atomic E-state index is 13.1. The number of rotatable bonds is 6. The van der Waals surface area contributed by atoms with Gasteiger partial charge in [0.2, 0.25) is 5.91 Å². The van der Waals surface area contributed by atoms with E-state index in [1.165, 1.54) is 34.8 Å². The van der Waals surface area contributed by atoms with Crippen LogP contribution in [0.2, 0.25) is 4.34 Å². The van der Waals surface area contributed by atoms with Crippen molar-refractivity contribution >= 4 is 40.2 Å². The molecule has 2 aromatic heterocycles. The van der Waals surface area contributed by atoms with Gasteiger partial charge in [0.25, 0.3) is 0 Å².